The lowest BCUT2D eigenvalue weighted by atomic mass is 9.86. The molecule has 0 heterocycles. The Bertz CT molecular complexity index is 438. The van der Waals surface area contributed by atoms with E-state index in [9.17, 15) is 4.79 Å². The highest BCUT2D eigenvalue weighted by atomic mass is 16.2. The maximum absolute atomic E-state index is 12.4. The molecular formula is C18H28N2O. The number of carbonyl (C=O) groups excluding carboxylic acids is 1. The normalized spacial score (nSPS) is 23.6. The second kappa shape index (κ2) is 7.60. The first-order valence-corrected chi connectivity index (χ1v) is 8.14. The predicted octanol–water partition coefficient (Wildman–Crippen LogP) is 2.98. The first-order valence-electron chi connectivity index (χ1n) is 8.14. The Labute approximate surface area is 128 Å². The lowest BCUT2D eigenvalue weighted by molar-refractivity contribution is -0.134. The predicted molar refractivity (Wildman–Crippen MR) is 86.9 cm³/mol. The molecular weight excluding hydrogens is 260 g/mol. The summed E-state index contributed by atoms with van der Waals surface area (Å²) >= 11 is 0. The number of amides is 1. The van der Waals surface area contributed by atoms with Crippen molar-refractivity contribution in [2.75, 3.05) is 7.05 Å². The van der Waals surface area contributed by atoms with Crippen LogP contribution in [0.25, 0.3) is 0 Å². The van der Waals surface area contributed by atoms with Gasteiger partial charge in [0.1, 0.15) is 0 Å². The van der Waals surface area contributed by atoms with Gasteiger partial charge in [0.05, 0.1) is 6.04 Å². The van der Waals surface area contributed by atoms with Crippen molar-refractivity contribution in [2.45, 2.75) is 57.5 Å². The molecule has 116 valence electrons. The highest BCUT2D eigenvalue weighted by Gasteiger charge is 2.27. The van der Waals surface area contributed by atoms with Crippen molar-refractivity contribution in [3.63, 3.8) is 0 Å². The van der Waals surface area contributed by atoms with Crippen molar-refractivity contribution in [3.8, 4) is 0 Å². The molecule has 1 aromatic rings. The standard InChI is InChI=1S/C18H28N2O/c1-14-8-11-16(12-9-14)20(2)18(21)17(19)13-10-15-6-4-3-5-7-15/h3-7,14,16-17H,8-13,19H2,1-2H3. The summed E-state index contributed by atoms with van der Waals surface area (Å²) in [5.41, 5.74) is 7.35. The molecule has 0 saturated heterocycles. The largest absolute Gasteiger partial charge is 0.341 e. The summed E-state index contributed by atoms with van der Waals surface area (Å²) in [6.45, 7) is 2.30. The number of hydrogen-bond acceptors (Lipinski definition) is 2. The van der Waals surface area contributed by atoms with Crippen LogP contribution in [-0.2, 0) is 11.2 Å². The van der Waals surface area contributed by atoms with E-state index in [2.05, 4.69) is 19.1 Å². The number of likely N-dealkylation sites (N-methyl/N-ethyl adjacent to an activating group) is 1. The van der Waals surface area contributed by atoms with E-state index in [1.54, 1.807) is 0 Å². The van der Waals surface area contributed by atoms with E-state index in [1.165, 1.54) is 18.4 Å². The fourth-order valence-corrected chi connectivity index (χ4v) is 3.16. The fraction of sp³-hybridized carbons (Fsp3) is 0.611. The molecule has 0 aromatic heterocycles. The van der Waals surface area contributed by atoms with E-state index in [1.807, 2.05) is 30.1 Å². The minimum absolute atomic E-state index is 0.102. The zero-order valence-corrected chi connectivity index (χ0v) is 13.3. The second-order valence-corrected chi connectivity index (χ2v) is 6.49. The van der Waals surface area contributed by atoms with Gasteiger partial charge in [-0.05, 0) is 50.0 Å². The zero-order chi connectivity index (χ0) is 15.2. The molecule has 1 amide bonds. The van der Waals surface area contributed by atoms with Crippen LogP contribution in [0.2, 0.25) is 0 Å². The van der Waals surface area contributed by atoms with Gasteiger partial charge in [0.2, 0.25) is 5.91 Å². The van der Waals surface area contributed by atoms with Gasteiger partial charge in [0.25, 0.3) is 0 Å². The summed E-state index contributed by atoms with van der Waals surface area (Å²) in [6.07, 6.45) is 6.27. The molecule has 1 fully saturated rings. The Kier molecular flexibility index (Phi) is 5.80. The van der Waals surface area contributed by atoms with Crippen molar-refractivity contribution >= 4 is 5.91 Å². The van der Waals surface area contributed by atoms with Crippen molar-refractivity contribution in [1.82, 2.24) is 4.90 Å². The number of hydrogen-bond donors (Lipinski definition) is 1. The lowest BCUT2D eigenvalue weighted by Crippen LogP contribution is -2.47. The SMILES string of the molecule is CC1CCC(N(C)C(=O)C(N)CCc2ccccc2)CC1. The van der Waals surface area contributed by atoms with E-state index in [-0.39, 0.29) is 11.9 Å². The van der Waals surface area contributed by atoms with E-state index in [4.69, 9.17) is 5.73 Å². The number of aryl methyl sites for hydroxylation is 1. The first-order chi connectivity index (χ1) is 10.1. The molecule has 1 aliphatic rings. The van der Waals surface area contributed by atoms with Crippen LogP contribution in [0.1, 0.15) is 44.6 Å². The van der Waals surface area contributed by atoms with Gasteiger partial charge < -0.3 is 10.6 Å². The minimum Gasteiger partial charge on any atom is -0.341 e. The molecule has 21 heavy (non-hydrogen) atoms. The van der Waals surface area contributed by atoms with Crippen molar-refractivity contribution in [2.24, 2.45) is 11.7 Å². The van der Waals surface area contributed by atoms with Gasteiger partial charge in [-0.25, -0.2) is 0 Å². The Morgan fingerprint density at radius 3 is 2.48 bits per heavy atom. The average Bonchev–Trinajstić information content (AvgIpc) is 2.53. The summed E-state index contributed by atoms with van der Waals surface area (Å²) in [7, 11) is 1.92. The molecule has 1 aliphatic carbocycles. The summed E-state index contributed by atoms with van der Waals surface area (Å²) < 4.78 is 0. The van der Waals surface area contributed by atoms with Gasteiger partial charge in [0, 0.05) is 13.1 Å². The maximum atomic E-state index is 12.4. The fourth-order valence-electron chi connectivity index (χ4n) is 3.16. The van der Waals surface area contributed by atoms with Gasteiger partial charge in [-0.2, -0.15) is 0 Å². The molecule has 0 bridgehead atoms. The average molecular weight is 288 g/mol. The molecule has 1 aromatic carbocycles. The smallest absolute Gasteiger partial charge is 0.239 e. The van der Waals surface area contributed by atoms with Crippen LogP contribution in [0.5, 0.6) is 0 Å². The number of carbonyl (C=O) groups is 1. The quantitative estimate of drug-likeness (QED) is 0.905. The molecule has 1 unspecified atom stereocenters. The van der Waals surface area contributed by atoms with Crippen LogP contribution in [0.4, 0.5) is 0 Å². The van der Waals surface area contributed by atoms with E-state index in [0.29, 0.717) is 6.04 Å². The van der Waals surface area contributed by atoms with Gasteiger partial charge >= 0.3 is 0 Å². The van der Waals surface area contributed by atoms with Crippen LogP contribution >= 0.6 is 0 Å². The molecule has 1 atom stereocenters. The van der Waals surface area contributed by atoms with E-state index >= 15 is 0 Å². The second-order valence-electron chi connectivity index (χ2n) is 6.49. The third-order valence-electron chi connectivity index (χ3n) is 4.78. The van der Waals surface area contributed by atoms with Crippen LogP contribution in [0.15, 0.2) is 30.3 Å². The van der Waals surface area contributed by atoms with Crippen molar-refractivity contribution < 1.29 is 4.79 Å². The summed E-state index contributed by atoms with van der Waals surface area (Å²) in [5, 5.41) is 0. The van der Waals surface area contributed by atoms with Crippen LogP contribution in [-0.4, -0.2) is 29.9 Å². The van der Waals surface area contributed by atoms with Gasteiger partial charge in [0.15, 0.2) is 0 Å². The molecule has 3 nitrogen and oxygen atoms in total. The highest BCUT2D eigenvalue weighted by molar-refractivity contribution is 5.81. The Morgan fingerprint density at radius 2 is 1.86 bits per heavy atom. The number of nitrogens with two attached hydrogens (primary N) is 1. The highest BCUT2D eigenvalue weighted by Crippen LogP contribution is 2.26. The van der Waals surface area contributed by atoms with Crippen LogP contribution < -0.4 is 5.73 Å². The molecule has 1 saturated carbocycles. The Balaban J connectivity index is 1.81. The number of benzene rings is 1. The topological polar surface area (TPSA) is 46.3 Å². The molecule has 2 rings (SSSR count). The summed E-state index contributed by atoms with van der Waals surface area (Å²) in [4.78, 5) is 14.4. The Morgan fingerprint density at radius 1 is 1.24 bits per heavy atom. The third kappa shape index (κ3) is 4.57. The molecule has 2 N–H and O–H groups in total. The van der Waals surface area contributed by atoms with E-state index in [0.717, 1.165) is 31.6 Å². The first kappa shape index (κ1) is 16.0. The van der Waals surface area contributed by atoms with E-state index < -0.39 is 0 Å². The number of rotatable bonds is 5. The molecule has 3 heteroatoms. The Hall–Kier alpha value is -1.35. The summed E-state index contributed by atoms with van der Waals surface area (Å²) in [6, 6.07) is 10.2. The van der Waals surface area contributed by atoms with Crippen LogP contribution in [0.3, 0.4) is 0 Å². The molecule has 0 spiro atoms. The molecule has 0 aliphatic heterocycles. The minimum atomic E-state index is -0.380. The molecule has 0 radical (unpaired) electrons. The maximum Gasteiger partial charge on any atom is 0.239 e. The summed E-state index contributed by atoms with van der Waals surface area (Å²) in [5.74, 6) is 0.905. The van der Waals surface area contributed by atoms with Gasteiger partial charge in [-0.15, -0.1) is 0 Å². The van der Waals surface area contributed by atoms with Crippen molar-refractivity contribution in [1.29, 1.82) is 0 Å². The zero-order valence-electron chi connectivity index (χ0n) is 13.3. The van der Waals surface area contributed by atoms with Gasteiger partial charge in [-0.1, -0.05) is 37.3 Å². The monoisotopic (exact) mass is 288 g/mol. The third-order valence-corrected chi connectivity index (χ3v) is 4.78. The lowest BCUT2D eigenvalue weighted by Gasteiger charge is -2.35. The van der Waals surface area contributed by atoms with Crippen LogP contribution in [0, 0.1) is 5.92 Å². The van der Waals surface area contributed by atoms with Crippen molar-refractivity contribution in [3.05, 3.63) is 35.9 Å². The number of nitrogens with zero attached hydrogens (tertiary/aromatic N) is 1. The van der Waals surface area contributed by atoms with Gasteiger partial charge in [-0.3, -0.25) is 4.79 Å².